The second-order valence-corrected chi connectivity index (χ2v) is 5.83. The van der Waals surface area contributed by atoms with Gasteiger partial charge in [0.1, 0.15) is 11.6 Å². The number of aromatic nitrogens is 3. The van der Waals surface area contributed by atoms with Gasteiger partial charge in [-0.2, -0.15) is 15.0 Å². The molecule has 1 saturated heterocycles. The Bertz CT molecular complexity index is 815. The number of carbonyl (C=O) groups is 1. The molecule has 0 spiro atoms. The quantitative estimate of drug-likeness (QED) is 0.796. The number of benzene rings is 1. The molecule has 27 heavy (non-hydrogen) atoms. The number of halogens is 2. The van der Waals surface area contributed by atoms with Crippen molar-refractivity contribution in [2.75, 3.05) is 38.3 Å². The molecule has 144 valence electrons. The number of amides is 1. The number of rotatable bonds is 6. The lowest BCUT2D eigenvalue weighted by atomic mass is 10.1. The zero-order valence-corrected chi connectivity index (χ0v) is 14.7. The molecule has 0 bridgehead atoms. The van der Waals surface area contributed by atoms with Crippen molar-refractivity contribution in [2.45, 2.75) is 13.0 Å². The minimum absolute atomic E-state index is 0.0257. The second kappa shape index (κ2) is 8.67. The zero-order chi connectivity index (χ0) is 19.2. The number of anilines is 1. The number of ether oxygens (including phenoxy) is 2. The average molecular weight is 379 g/mol. The summed E-state index contributed by atoms with van der Waals surface area (Å²) in [4.78, 5) is 26.7. The average Bonchev–Trinajstić information content (AvgIpc) is 2.69. The van der Waals surface area contributed by atoms with E-state index in [0.717, 1.165) is 12.1 Å². The molecule has 1 fully saturated rings. The molecule has 1 aliphatic rings. The Labute approximate surface area is 154 Å². The summed E-state index contributed by atoms with van der Waals surface area (Å²) in [5, 5.41) is 2.62. The first-order valence-electron chi connectivity index (χ1n) is 8.37. The van der Waals surface area contributed by atoms with E-state index in [9.17, 15) is 13.6 Å². The third-order valence-corrected chi connectivity index (χ3v) is 3.94. The third kappa shape index (κ3) is 5.07. The van der Waals surface area contributed by atoms with Crippen LogP contribution >= 0.6 is 0 Å². The monoisotopic (exact) mass is 379 g/mol. The minimum atomic E-state index is -0.762. The molecule has 0 unspecified atom stereocenters. The Morgan fingerprint density at radius 1 is 1.26 bits per heavy atom. The van der Waals surface area contributed by atoms with Crippen molar-refractivity contribution in [1.29, 1.82) is 0 Å². The highest BCUT2D eigenvalue weighted by atomic mass is 19.1. The van der Waals surface area contributed by atoms with Crippen molar-refractivity contribution < 1.29 is 23.0 Å². The summed E-state index contributed by atoms with van der Waals surface area (Å²) < 4.78 is 37.0. The molecule has 0 atom stereocenters. The van der Waals surface area contributed by atoms with Gasteiger partial charge < -0.3 is 19.7 Å². The van der Waals surface area contributed by atoms with E-state index in [0.29, 0.717) is 38.1 Å². The van der Waals surface area contributed by atoms with Gasteiger partial charge in [-0.3, -0.25) is 4.79 Å². The maximum atomic E-state index is 13.6. The van der Waals surface area contributed by atoms with Gasteiger partial charge >= 0.3 is 6.01 Å². The van der Waals surface area contributed by atoms with Gasteiger partial charge in [-0.05, 0) is 11.6 Å². The first kappa shape index (κ1) is 18.9. The van der Waals surface area contributed by atoms with Gasteiger partial charge in [0.15, 0.2) is 5.82 Å². The summed E-state index contributed by atoms with van der Waals surface area (Å²) in [6.45, 7) is 2.45. The second-order valence-electron chi connectivity index (χ2n) is 5.83. The Balaban J connectivity index is 1.64. The van der Waals surface area contributed by atoms with Crippen LogP contribution in [0.3, 0.4) is 0 Å². The smallest absolute Gasteiger partial charge is 0.321 e. The fraction of sp³-hybridized carbons (Fsp3) is 0.412. The number of carbonyl (C=O) groups excluding carboxylic acids is 1. The van der Waals surface area contributed by atoms with E-state index in [1.165, 1.54) is 13.2 Å². The van der Waals surface area contributed by atoms with Crippen molar-refractivity contribution in [2.24, 2.45) is 0 Å². The molecule has 1 N–H and O–H groups in total. The number of hydrogen-bond acceptors (Lipinski definition) is 7. The van der Waals surface area contributed by atoms with Crippen LogP contribution in [0.1, 0.15) is 11.4 Å². The molecule has 2 aromatic rings. The molecule has 8 nitrogen and oxygen atoms in total. The number of nitrogens with zero attached hydrogens (tertiary/aromatic N) is 4. The lowest BCUT2D eigenvalue weighted by Crippen LogP contribution is -2.37. The summed E-state index contributed by atoms with van der Waals surface area (Å²) >= 11 is 0. The van der Waals surface area contributed by atoms with Gasteiger partial charge in [-0.1, -0.05) is 6.07 Å². The van der Waals surface area contributed by atoms with Gasteiger partial charge in [0.25, 0.3) is 0 Å². The van der Waals surface area contributed by atoms with Crippen molar-refractivity contribution >= 4 is 11.9 Å². The van der Waals surface area contributed by atoms with Crippen LogP contribution in [0.15, 0.2) is 18.2 Å². The van der Waals surface area contributed by atoms with Crippen LogP contribution in [0, 0.1) is 11.6 Å². The predicted octanol–water partition coefficient (Wildman–Crippen LogP) is 0.854. The highest BCUT2D eigenvalue weighted by molar-refractivity contribution is 5.78. The molecule has 10 heteroatoms. The largest absolute Gasteiger partial charge is 0.467 e. The summed E-state index contributed by atoms with van der Waals surface area (Å²) in [5.74, 6) is -1.13. The van der Waals surface area contributed by atoms with Gasteiger partial charge in [0.05, 0.1) is 33.3 Å². The predicted molar refractivity (Wildman–Crippen MR) is 91.3 cm³/mol. The first-order chi connectivity index (χ1) is 13.0. The SMILES string of the molecule is COc1nc(CNC(=O)Cc2ccc(F)cc2F)nc(N2CCOCC2)n1. The highest BCUT2D eigenvalue weighted by Gasteiger charge is 2.17. The summed E-state index contributed by atoms with van der Waals surface area (Å²) in [6.07, 6.45) is -0.218. The molecule has 0 saturated carbocycles. The number of morpholine rings is 1. The molecule has 1 aliphatic heterocycles. The number of nitrogens with one attached hydrogen (secondary N) is 1. The van der Waals surface area contributed by atoms with E-state index >= 15 is 0 Å². The number of methoxy groups -OCH3 is 1. The van der Waals surface area contributed by atoms with Gasteiger partial charge in [0, 0.05) is 19.2 Å². The van der Waals surface area contributed by atoms with E-state index in [1.807, 2.05) is 4.90 Å². The summed E-state index contributed by atoms with van der Waals surface area (Å²) in [7, 11) is 1.44. The lowest BCUT2D eigenvalue weighted by Gasteiger charge is -2.26. The van der Waals surface area contributed by atoms with Crippen molar-refractivity contribution in [3.05, 3.63) is 41.2 Å². The molecule has 3 rings (SSSR count). The van der Waals surface area contributed by atoms with Crippen LogP contribution in [0.25, 0.3) is 0 Å². The molecule has 1 aromatic carbocycles. The first-order valence-corrected chi connectivity index (χ1v) is 8.37. The van der Waals surface area contributed by atoms with Crippen LogP contribution in [0.5, 0.6) is 6.01 Å². The summed E-state index contributed by atoms with van der Waals surface area (Å²) in [5.41, 5.74) is 0.108. The molecular formula is C17H19F2N5O3. The Morgan fingerprint density at radius 2 is 2.04 bits per heavy atom. The molecule has 2 heterocycles. The maximum absolute atomic E-state index is 13.6. The molecule has 0 aliphatic carbocycles. The molecule has 0 radical (unpaired) electrons. The van der Waals surface area contributed by atoms with Crippen LogP contribution < -0.4 is 15.0 Å². The van der Waals surface area contributed by atoms with E-state index in [-0.39, 0.29) is 24.5 Å². The van der Waals surface area contributed by atoms with Crippen molar-refractivity contribution in [3.8, 4) is 6.01 Å². The van der Waals surface area contributed by atoms with Gasteiger partial charge in [-0.25, -0.2) is 8.78 Å². The van der Waals surface area contributed by atoms with Gasteiger partial charge in [0.2, 0.25) is 11.9 Å². The van der Waals surface area contributed by atoms with E-state index < -0.39 is 17.5 Å². The van der Waals surface area contributed by atoms with Crippen LogP contribution in [0.4, 0.5) is 14.7 Å². The van der Waals surface area contributed by atoms with E-state index in [2.05, 4.69) is 20.3 Å². The van der Waals surface area contributed by atoms with E-state index in [1.54, 1.807) is 0 Å². The third-order valence-electron chi connectivity index (χ3n) is 3.94. The number of hydrogen-bond donors (Lipinski definition) is 1. The minimum Gasteiger partial charge on any atom is -0.467 e. The van der Waals surface area contributed by atoms with Crippen LogP contribution in [0.2, 0.25) is 0 Å². The molecular weight excluding hydrogens is 360 g/mol. The Morgan fingerprint density at radius 3 is 2.74 bits per heavy atom. The zero-order valence-electron chi connectivity index (χ0n) is 14.7. The maximum Gasteiger partial charge on any atom is 0.321 e. The van der Waals surface area contributed by atoms with Crippen LogP contribution in [-0.4, -0.2) is 54.3 Å². The van der Waals surface area contributed by atoms with Crippen molar-refractivity contribution in [1.82, 2.24) is 20.3 Å². The molecule has 1 amide bonds. The topological polar surface area (TPSA) is 89.5 Å². The van der Waals surface area contributed by atoms with Gasteiger partial charge in [-0.15, -0.1) is 0 Å². The standard InChI is InChI=1S/C17H19F2N5O3/c1-26-17-22-14(21-16(23-17)24-4-6-27-7-5-24)10-20-15(25)8-11-2-3-12(18)9-13(11)19/h2-3,9H,4-8,10H2,1H3,(H,20,25). The van der Waals surface area contributed by atoms with E-state index in [4.69, 9.17) is 9.47 Å². The van der Waals surface area contributed by atoms with Crippen LogP contribution in [-0.2, 0) is 22.5 Å². The molecule has 1 aromatic heterocycles. The normalized spacial score (nSPS) is 14.1. The Hall–Kier alpha value is -2.88. The fourth-order valence-electron chi connectivity index (χ4n) is 2.54. The van der Waals surface area contributed by atoms with Crippen molar-refractivity contribution in [3.63, 3.8) is 0 Å². The fourth-order valence-corrected chi connectivity index (χ4v) is 2.54. The highest BCUT2D eigenvalue weighted by Crippen LogP contribution is 2.14. The summed E-state index contributed by atoms with van der Waals surface area (Å²) in [6, 6.07) is 3.23. The Kier molecular flexibility index (Phi) is 6.07. The lowest BCUT2D eigenvalue weighted by molar-refractivity contribution is -0.120.